The van der Waals surface area contributed by atoms with Crippen molar-refractivity contribution in [3.63, 3.8) is 0 Å². The van der Waals surface area contributed by atoms with Crippen molar-refractivity contribution < 1.29 is 4.42 Å². The van der Waals surface area contributed by atoms with Crippen LogP contribution in [0.15, 0.2) is 52.1 Å². The van der Waals surface area contributed by atoms with Gasteiger partial charge in [0.25, 0.3) is 0 Å². The second-order valence-corrected chi connectivity index (χ2v) is 4.04. The van der Waals surface area contributed by atoms with Crippen LogP contribution in [0, 0.1) is 0 Å². The van der Waals surface area contributed by atoms with Crippen molar-refractivity contribution >= 4 is 11.9 Å². The van der Waals surface area contributed by atoms with Gasteiger partial charge in [0.15, 0.2) is 0 Å². The first-order chi connectivity index (χ1) is 8.25. The van der Waals surface area contributed by atoms with Crippen LogP contribution in [0.3, 0.4) is 0 Å². The lowest BCUT2D eigenvalue weighted by atomic mass is 10.2. The summed E-state index contributed by atoms with van der Waals surface area (Å²) in [5, 5.41) is 0. The number of hydrogen-bond acceptors (Lipinski definition) is 3. The van der Waals surface area contributed by atoms with Crippen molar-refractivity contribution in [2.75, 3.05) is 19.0 Å². The SMILES string of the molecule is CN(C)c1ccc(C=NCc2ccco2)cc1. The first-order valence-electron chi connectivity index (χ1n) is 5.55. The lowest BCUT2D eigenvalue weighted by Gasteiger charge is -2.11. The molecule has 2 aromatic rings. The van der Waals surface area contributed by atoms with E-state index < -0.39 is 0 Å². The van der Waals surface area contributed by atoms with Gasteiger partial charge in [0, 0.05) is 26.0 Å². The second-order valence-electron chi connectivity index (χ2n) is 4.04. The lowest BCUT2D eigenvalue weighted by Crippen LogP contribution is -2.08. The zero-order valence-electron chi connectivity index (χ0n) is 10.1. The van der Waals surface area contributed by atoms with Crippen molar-refractivity contribution in [2.45, 2.75) is 6.54 Å². The van der Waals surface area contributed by atoms with E-state index in [-0.39, 0.29) is 0 Å². The van der Waals surface area contributed by atoms with Gasteiger partial charge in [-0.25, -0.2) is 0 Å². The molecule has 0 N–H and O–H groups in total. The minimum absolute atomic E-state index is 0.586. The molecule has 0 spiro atoms. The minimum Gasteiger partial charge on any atom is -0.467 e. The zero-order valence-corrected chi connectivity index (χ0v) is 10.1. The summed E-state index contributed by atoms with van der Waals surface area (Å²) in [7, 11) is 4.06. The third kappa shape index (κ3) is 3.21. The molecule has 0 radical (unpaired) electrons. The summed E-state index contributed by atoms with van der Waals surface area (Å²) in [6.07, 6.45) is 3.53. The summed E-state index contributed by atoms with van der Waals surface area (Å²) < 4.78 is 5.20. The van der Waals surface area contributed by atoms with Crippen LogP contribution in [0.2, 0.25) is 0 Å². The van der Waals surface area contributed by atoms with Crippen LogP contribution in [-0.4, -0.2) is 20.3 Å². The number of anilines is 1. The highest BCUT2D eigenvalue weighted by Gasteiger charge is 1.94. The van der Waals surface area contributed by atoms with Gasteiger partial charge in [-0.3, -0.25) is 4.99 Å². The van der Waals surface area contributed by atoms with E-state index >= 15 is 0 Å². The average Bonchev–Trinajstić information content (AvgIpc) is 2.83. The normalized spacial score (nSPS) is 10.9. The predicted octanol–water partition coefficient (Wildman–Crippen LogP) is 2.96. The fourth-order valence-electron chi connectivity index (χ4n) is 1.50. The maximum Gasteiger partial charge on any atom is 0.125 e. The van der Waals surface area contributed by atoms with E-state index in [2.05, 4.69) is 34.2 Å². The Hall–Kier alpha value is -2.03. The maximum absolute atomic E-state index is 5.20. The Morgan fingerprint density at radius 1 is 1.18 bits per heavy atom. The molecule has 0 atom stereocenters. The summed E-state index contributed by atoms with van der Waals surface area (Å²) >= 11 is 0. The molecule has 1 aromatic carbocycles. The van der Waals surface area contributed by atoms with Gasteiger partial charge in [-0.2, -0.15) is 0 Å². The van der Waals surface area contributed by atoms with Crippen molar-refractivity contribution in [3.05, 3.63) is 54.0 Å². The van der Waals surface area contributed by atoms with Gasteiger partial charge in [-0.05, 0) is 29.8 Å². The highest BCUT2D eigenvalue weighted by molar-refractivity contribution is 5.80. The standard InChI is InChI=1S/C14H16N2O/c1-16(2)13-7-5-12(6-8-13)10-15-11-14-4-3-9-17-14/h3-10H,11H2,1-2H3. The molecule has 0 saturated heterocycles. The third-order valence-corrected chi connectivity index (χ3v) is 2.48. The first kappa shape index (κ1) is 11.5. The Morgan fingerprint density at radius 2 is 1.94 bits per heavy atom. The Morgan fingerprint density at radius 3 is 2.53 bits per heavy atom. The quantitative estimate of drug-likeness (QED) is 0.753. The lowest BCUT2D eigenvalue weighted by molar-refractivity contribution is 0.513. The molecule has 0 fully saturated rings. The molecule has 17 heavy (non-hydrogen) atoms. The van der Waals surface area contributed by atoms with Gasteiger partial charge in [-0.15, -0.1) is 0 Å². The smallest absolute Gasteiger partial charge is 0.125 e. The van der Waals surface area contributed by atoms with E-state index in [0.29, 0.717) is 6.54 Å². The molecule has 0 unspecified atom stereocenters. The molecule has 0 aliphatic heterocycles. The molecule has 88 valence electrons. The van der Waals surface area contributed by atoms with Crippen LogP contribution in [0.25, 0.3) is 0 Å². The zero-order chi connectivity index (χ0) is 12.1. The Balaban J connectivity index is 1.96. The monoisotopic (exact) mass is 228 g/mol. The van der Waals surface area contributed by atoms with E-state index in [9.17, 15) is 0 Å². The van der Waals surface area contributed by atoms with Crippen molar-refractivity contribution in [3.8, 4) is 0 Å². The van der Waals surface area contributed by atoms with E-state index in [1.165, 1.54) is 5.69 Å². The molecule has 1 aromatic heterocycles. The number of furan rings is 1. The van der Waals surface area contributed by atoms with E-state index in [1.807, 2.05) is 32.4 Å². The van der Waals surface area contributed by atoms with Crippen molar-refractivity contribution in [1.82, 2.24) is 0 Å². The average molecular weight is 228 g/mol. The van der Waals surface area contributed by atoms with Crippen LogP contribution in [-0.2, 0) is 6.54 Å². The van der Waals surface area contributed by atoms with Gasteiger partial charge in [0.2, 0.25) is 0 Å². The molecular weight excluding hydrogens is 212 g/mol. The molecule has 3 nitrogen and oxygen atoms in total. The highest BCUT2D eigenvalue weighted by atomic mass is 16.3. The van der Waals surface area contributed by atoms with Gasteiger partial charge in [-0.1, -0.05) is 12.1 Å². The Labute approximate surface area is 101 Å². The molecular formula is C14H16N2O. The summed E-state index contributed by atoms with van der Waals surface area (Å²) in [6, 6.07) is 12.1. The number of nitrogens with zero attached hydrogens (tertiary/aromatic N) is 2. The molecule has 3 heteroatoms. The van der Waals surface area contributed by atoms with Gasteiger partial charge < -0.3 is 9.32 Å². The number of benzene rings is 1. The molecule has 0 aliphatic carbocycles. The fourth-order valence-corrected chi connectivity index (χ4v) is 1.50. The summed E-state index contributed by atoms with van der Waals surface area (Å²) in [6.45, 7) is 0.586. The number of aliphatic imine (C=N–C) groups is 1. The van der Waals surface area contributed by atoms with Gasteiger partial charge in [0.1, 0.15) is 5.76 Å². The first-order valence-corrected chi connectivity index (χ1v) is 5.55. The van der Waals surface area contributed by atoms with Crippen LogP contribution in [0.4, 0.5) is 5.69 Å². The van der Waals surface area contributed by atoms with Crippen LogP contribution in [0.5, 0.6) is 0 Å². The van der Waals surface area contributed by atoms with Gasteiger partial charge in [0.05, 0.1) is 12.8 Å². The fraction of sp³-hybridized carbons (Fsp3) is 0.214. The molecule has 0 amide bonds. The van der Waals surface area contributed by atoms with E-state index in [1.54, 1.807) is 6.26 Å². The molecule has 0 bridgehead atoms. The van der Waals surface area contributed by atoms with Crippen LogP contribution >= 0.6 is 0 Å². The molecule has 0 aliphatic rings. The van der Waals surface area contributed by atoms with E-state index in [4.69, 9.17) is 4.42 Å². The summed E-state index contributed by atoms with van der Waals surface area (Å²) in [5.41, 5.74) is 2.29. The van der Waals surface area contributed by atoms with E-state index in [0.717, 1.165) is 11.3 Å². The number of hydrogen-bond donors (Lipinski definition) is 0. The van der Waals surface area contributed by atoms with Crippen LogP contribution < -0.4 is 4.90 Å². The number of rotatable bonds is 4. The predicted molar refractivity (Wildman–Crippen MR) is 70.8 cm³/mol. The molecule has 1 heterocycles. The van der Waals surface area contributed by atoms with Crippen molar-refractivity contribution in [2.24, 2.45) is 4.99 Å². The Kier molecular flexibility index (Phi) is 3.60. The van der Waals surface area contributed by atoms with Crippen molar-refractivity contribution in [1.29, 1.82) is 0 Å². The highest BCUT2D eigenvalue weighted by Crippen LogP contribution is 2.11. The van der Waals surface area contributed by atoms with Crippen LogP contribution in [0.1, 0.15) is 11.3 Å². The summed E-state index contributed by atoms with van der Waals surface area (Å²) in [4.78, 5) is 6.40. The third-order valence-electron chi connectivity index (χ3n) is 2.48. The molecule has 0 saturated carbocycles. The largest absolute Gasteiger partial charge is 0.467 e. The topological polar surface area (TPSA) is 28.7 Å². The maximum atomic E-state index is 5.20. The van der Waals surface area contributed by atoms with Gasteiger partial charge >= 0.3 is 0 Å². The molecule has 2 rings (SSSR count). The Bertz CT molecular complexity index is 469. The minimum atomic E-state index is 0.586. The summed E-state index contributed by atoms with van der Waals surface area (Å²) in [5.74, 6) is 0.881. The second kappa shape index (κ2) is 5.34.